The van der Waals surface area contributed by atoms with Crippen molar-refractivity contribution in [2.24, 2.45) is 7.05 Å². The number of nitrogens with zero attached hydrogens (tertiary/aromatic N) is 3. The highest BCUT2D eigenvalue weighted by Gasteiger charge is 2.35. The Morgan fingerprint density at radius 2 is 1.73 bits per heavy atom. The molecule has 2 aliphatic rings. The van der Waals surface area contributed by atoms with E-state index >= 15 is 0 Å². The van der Waals surface area contributed by atoms with Crippen molar-refractivity contribution in [3.63, 3.8) is 0 Å². The molecule has 5 rings (SSSR count). The van der Waals surface area contributed by atoms with Crippen molar-refractivity contribution in [1.29, 1.82) is 0 Å². The summed E-state index contributed by atoms with van der Waals surface area (Å²) in [6, 6.07) is 17.3. The molecule has 1 amide bonds. The number of rotatable bonds is 8. The topological polar surface area (TPSA) is 85.9 Å². The number of aromatic nitrogens is 2. The molecule has 0 bridgehead atoms. The van der Waals surface area contributed by atoms with E-state index in [9.17, 15) is 14.7 Å². The average Bonchev–Trinajstić information content (AvgIpc) is 3.23. The number of hydrogen-bond donors (Lipinski definition) is 1. The third-order valence-corrected chi connectivity index (χ3v) is 8.32. The van der Waals surface area contributed by atoms with E-state index in [1.165, 1.54) is 6.42 Å². The Morgan fingerprint density at radius 3 is 2.40 bits per heavy atom. The standard InChI is InChI=1S/C32H39N3O5/c1-22-30(32(38)35(34(22)3)27-12-8-5-9-13-27)25-18-28(31(37)33(2)26-10-6-4-7-11-26)40-29(19-25)39-21-24-16-14-23(20-36)15-17-24/h5,8-9,12-18,25-26,29,36H,4,6-7,10-11,19-21H2,1-3H3/t25-,29+/m0/s1. The first kappa shape index (κ1) is 27.9. The molecule has 1 aromatic heterocycles. The van der Waals surface area contributed by atoms with Crippen LogP contribution in [0.4, 0.5) is 0 Å². The van der Waals surface area contributed by atoms with Gasteiger partial charge < -0.3 is 19.5 Å². The van der Waals surface area contributed by atoms with Gasteiger partial charge in [-0.3, -0.25) is 14.3 Å². The van der Waals surface area contributed by atoms with E-state index in [0.29, 0.717) is 12.0 Å². The quantitative estimate of drug-likeness (QED) is 0.444. The minimum Gasteiger partial charge on any atom is -0.459 e. The maximum absolute atomic E-state index is 13.8. The zero-order chi connectivity index (χ0) is 28.2. The highest BCUT2D eigenvalue weighted by molar-refractivity contribution is 5.91. The molecule has 8 nitrogen and oxygen atoms in total. The maximum Gasteiger partial charge on any atom is 0.288 e. The number of para-hydroxylation sites is 1. The molecule has 40 heavy (non-hydrogen) atoms. The van der Waals surface area contributed by atoms with Crippen LogP contribution in [0.25, 0.3) is 5.69 Å². The zero-order valence-corrected chi connectivity index (χ0v) is 23.6. The number of benzene rings is 2. The average molecular weight is 546 g/mol. The van der Waals surface area contributed by atoms with Gasteiger partial charge in [0.1, 0.15) is 0 Å². The Bertz CT molecular complexity index is 1400. The van der Waals surface area contributed by atoms with Crippen LogP contribution in [0.3, 0.4) is 0 Å². The largest absolute Gasteiger partial charge is 0.459 e. The normalized spacial score (nSPS) is 19.6. The van der Waals surface area contributed by atoms with E-state index in [0.717, 1.165) is 48.2 Å². The van der Waals surface area contributed by atoms with Gasteiger partial charge in [0.2, 0.25) is 6.29 Å². The fourth-order valence-corrected chi connectivity index (χ4v) is 5.87. The Balaban J connectivity index is 1.46. The summed E-state index contributed by atoms with van der Waals surface area (Å²) in [5, 5.41) is 9.34. The van der Waals surface area contributed by atoms with Crippen LogP contribution in [0.5, 0.6) is 0 Å². The van der Waals surface area contributed by atoms with Gasteiger partial charge in [-0.1, -0.05) is 61.7 Å². The summed E-state index contributed by atoms with van der Waals surface area (Å²) in [6.07, 6.45) is 6.95. The third-order valence-electron chi connectivity index (χ3n) is 8.32. The van der Waals surface area contributed by atoms with Crippen molar-refractivity contribution in [3.8, 4) is 5.69 Å². The smallest absolute Gasteiger partial charge is 0.288 e. The Hall–Kier alpha value is -3.62. The fourth-order valence-electron chi connectivity index (χ4n) is 5.87. The lowest BCUT2D eigenvalue weighted by Crippen LogP contribution is -2.41. The van der Waals surface area contributed by atoms with Gasteiger partial charge in [0.25, 0.3) is 11.5 Å². The molecule has 2 atom stereocenters. The van der Waals surface area contributed by atoms with E-state index in [-0.39, 0.29) is 42.4 Å². The van der Waals surface area contributed by atoms with Crippen molar-refractivity contribution in [2.75, 3.05) is 7.05 Å². The molecule has 1 aliphatic carbocycles. The van der Waals surface area contributed by atoms with Gasteiger partial charge in [-0.2, -0.15) is 0 Å². The highest BCUT2D eigenvalue weighted by atomic mass is 16.7. The number of amides is 1. The van der Waals surface area contributed by atoms with Crippen molar-refractivity contribution >= 4 is 5.91 Å². The number of aliphatic hydroxyl groups excluding tert-OH is 1. The molecule has 1 fully saturated rings. The van der Waals surface area contributed by atoms with Crippen molar-refractivity contribution < 1.29 is 19.4 Å². The molecule has 0 unspecified atom stereocenters. The summed E-state index contributed by atoms with van der Waals surface area (Å²) in [6.45, 7) is 2.20. The van der Waals surface area contributed by atoms with Crippen LogP contribution < -0.4 is 5.56 Å². The second kappa shape index (κ2) is 12.3. The van der Waals surface area contributed by atoms with Gasteiger partial charge in [-0.15, -0.1) is 0 Å². The molecule has 212 valence electrons. The summed E-state index contributed by atoms with van der Waals surface area (Å²) < 4.78 is 15.9. The van der Waals surface area contributed by atoms with Crippen LogP contribution in [0.1, 0.15) is 66.8 Å². The Morgan fingerprint density at radius 1 is 1.05 bits per heavy atom. The summed E-state index contributed by atoms with van der Waals surface area (Å²) in [7, 11) is 3.73. The van der Waals surface area contributed by atoms with Crippen LogP contribution >= 0.6 is 0 Å². The zero-order valence-electron chi connectivity index (χ0n) is 23.6. The van der Waals surface area contributed by atoms with Gasteiger partial charge in [0.05, 0.1) is 18.9 Å². The lowest BCUT2D eigenvalue weighted by molar-refractivity contribution is -0.156. The molecule has 0 spiro atoms. The second-order valence-corrected chi connectivity index (χ2v) is 10.9. The Kier molecular flexibility index (Phi) is 8.57. The predicted octanol–water partition coefficient (Wildman–Crippen LogP) is 4.70. The summed E-state index contributed by atoms with van der Waals surface area (Å²) in [5.74, 6) is -0.286. The summed E-state index contributed by atoms with van der Waals surface area (Å²) >= 11 is 0. The van der Waals surface area contributed by atoms with E-state index in [4.69, 9.17) is 9.47 Å². The minimum absolute atomic E-state index is 0.0176. The van der Waals surface area contributed by atoms with Crippen molar-refractivity contribution in [2.45, 2.75) is 76.9 Å². The van der Waals surface area contributed by atoms with E-state index in [2.05, 4.69) is 0 Å². The van der Waals surface area contributed by atoms with Crippen molar-refractivity contribution in [1.82, 2.24) is 14.3 Å². The predicted molar refractivity (Wildman–Crippen MR) is 153 cm³/mol. The SMILES string of the molecule is Cc1c([C@H]2C=C(C(=O)N(C)C3CCCCC3)O[C@@H](OCc3ccc(CO)cc3)C2)c(=O)n(-c2ccccc2)n1C. The van der Waals surface area contributed by atoms with Crippen LogP contribution in [0.15, 0.2) is 71.2 Å². The highest BCUT2D eigenvalue weighted by Crippen LogP contribution is 2.34. The van der Waals surface area contributed by atoms with Gasteiger partial charge in [-0.25, -0.2) is 4.68 Å². The van der Waals surface area contributed by atoms with Crippen molar-refractivity contribution in [3.05, 3.63) is 99.2 Å². The molecule has 0 saturated heterocycles. The molecule has 2 aromatic carbocycles. The third kappa shape index (κ3) is 5.78. The van der Waals surface area contributed by atoms with Gasteiger partial charge in [0, 0.05) is 43.7 Å². The first-order valence-corrected chi connectivity index (χ1v) is 14.2. The number of aliphatic hydroxyl groups is 1. The molecular weight excluding hydrogens is 506 g/mol. The first-order valence-electron chi connectivity index (χ1n) is 14.2. The Labute approximate surface area is 235 Å². The molecule has 8 heteroatoms. The molecule has 2 heterocycles. The minimum atomic E-state index is -0.699. The molecule has 1 N–H and O–H groups in total. The van der Waals surface area contributed by atoms with E-state index < -0.39 is 6.29 Å². The number of carbonyl (C=O) groups is 1. The number of likely N-dealkylation sites (N-methyl/N-ethyl adjacent to an activating group) is 1. The fraction of sp³-hybridized carbons (Fsp3) is 0.438. The van der Waals surface area contributed by atoms with Crippen LogP contribution in [-0.4, -0.2) is 44.7 Å². The monoisotopic (exact) mass is 545 g/mol. The molecular formula is C32H39N3O5. The van der Waals surface area contributed by atoms with Gasteiger partial charge >= 0.3 is 0 Å². The van der Waals surface area contributed by atoms with Crippen LogP contribution in [0.2, 0.25) is 0 Å². The number of ether oxygens (including phenoxy) is 2. The summed E-state index contributed by atoms with van der Waals surface area (Å²) in [4.78, 5) is 29.3. The maximum atomic E-state index is 13.8. The summed E-state index contributed by atoms with van der Waals surface area (Å²) in [5.41, 5.74) is 3.91. The lowest BCUT2D eigenvalue weighted by atomic mass is 9.92. The van der Waals surface area contributed by atoms with Crippen LogP contribution in [-0.2, 0) is 34.5 Å². The van der Waals surface area contributed by atoms with E-state index in [1.54, 1.807) is 9.58 Å². The molecule has 3 aromatic rings. The van der Waals surface area contributed by atoms with Gasteiger partial charge in [0.15, 0.2) is 5.76 Å². The van der Waals surface area contributed by atoms with Gasteiger partial charge in [-0.05, 0) is 49.1 Å². The lowest BCUT2D eigenvalue weighted by Gasteiger charge is -2.34. The number of carbonyl (C=O) groups excluding carboxylic acids is 1. The second-order valence-electron chi connectivity index (χ2n) is 10.9. The molecule has 1 aliphatic heterocycles. The molecule has 0 radical (unpaired) electrons. The number of allylic oxidation sites excluding steroid dienone is 1. The van der Waals surface area contributed by atoms with Crippen LogP contribution in [0, 0.1) is 6.92 Å². The first-order chi connectivity index (χ1) is 19.4. The number of hydrogen-bond acceptors (Lipinski definition) is 5. The van der Waals surface area contributed by atoms with E-state index in [1.807, 2.05) is 86.4 Å². The molecule has 1 saturated carbocycles.